The van der Waals surface area contributed by atoms with Crippen LogP contribution in [0.4, 0.5) is 0 Å². The molecule has 45 heavy (non-hydrogen) atoms. The highest BCUT2D eigenvalue weighted by Crippen LogP contribution is 2.37. The Balaban J connectivity index is 1.21. The molecule has 0 aliphatic heterocycles. The van der Waals surface area contributed by atoms with Crippen LogP contribution in [0.1, 0.15) is 0 Å². The van der Waals surface area contributed by atoms with E-state index in [2.05, 4.69) is 140 Å². The van der Waals surface area contributed by atoms with Gasteiger partial charge in [-0.25, -0.2) is 19.9 Å². The molecule has 0 radical (unpaired) electrons. The number of nitrogens with zero attached hydrogens (tertiary/aromatic N) is 4. The largest absolute Gasteiger partial charge is 0.236 e. The van der Waals surface area contributed by atoms with Crippen molar-refractivity contribution in [3.8, 4) is 44.7 Å². The van der Waals surface area contributed by atoms with Crippen LogP contribution in [0.15, 0.2) is 146 Å². The molecule has 0 fully saturated rings. The molecule has 0 N–H and O–H groups in total. The smallest absolute Gasteiger partial charge is 0.164 e. The van der Waals surface area contributed by atoms with E-state index in [1.165, 1.54) is 20.9 Å². The van der Waals surface area contributed by atoms with Gasteiger partial charge in [-0.2, -0.15) is 0 Å². The van der Waals surface area contributed by atoms with Gasteiger partial charge in [0.05, 0.1) is 10.2 Å². The third-order valence-electron chi connectivity index (χ3n) is 8.30. The molecule has 2 aromatic heterocycles. The van der Waals surface area contributed by atoms with Crippen molar-refractivity contribution in [3.63, 3.8) is 0 Å². The molecule has 210 valence electrons. The Morgan fingerprint density at radius 1 is 0.356 bits per heavy atom. The van der Waals surface area contributed by atoms with Crippen LogP contribution >= 0.6 is 11.3 Å². The van der Waals surface area contributed by atoms with E-state index in [4.69, 9.17) is 19.9 Å². The van der Waals surface area contributed by atoms with Crippen LogP contribution in [0.2, 0.25) is 0 Å². The van der Waals surface area contributed by atoms with Crippen LogP contribution in [-0.4, -0.2) is 19.9 Å². The third-order valence-corrected chi connectivity index (χ3v) is 9.45. The quantitative estimate of drug-likeness (QED) is 0.204. The molecule has 9 rings (SSSR count). The van der Waals surface area contributed by atoms with E-state index in [-0.39, 0.29) is 0 Å². The predicted octanol–water partition coefficient (Wildman–Crippen LogP) is 10.6. The maximum Gasteiger partial charge on any atom is 0.164 e. The molecule has 5 heteroatoms. The van der Waals surface area contributed by atoms with Gasteiger partial charge in [0.2, 0.25) is 0 Å². The number of hydrogen-bond donors (Lipinski definition) is 0. The van der Waals surface area contributed by atoms with Gasteiger partial charge in [-0.15, -0.1) is 11.3 Å². The average molecular weight is 593 g/mol. The van der Waals surface area contributed by atoms with E-state index in [1.54, 1.807) is 11.3 Å². The highest BCUT2D eigenvalue weighted by Gasteiger charge is 2.15. The Morgan fingerprint density at radius 3 is 1.44 bits per heavy atom. The number of thiazole rings is 1. The van der Waals surface area contributed by atoms with Crippen molar-refractivity contribution >= 4 is 53.9 Å². The number of hydrogen-bond acceptors (Lipinski definition) is 5. The van der Waals surface area contributed by atoms with Gasteiger partial charge in [0.15, 0.2) is 17.5 Å². The highest BCUT2D eigenvalue weighted by atomic mass is 32.1. The average Bonchev–Trinajstić information content (AvgIpc) is 3.56. The molecule has 0 saturated carbocycles. The number of aromatic nitrogens is 4. The molecule has 4 nitrogen and oxygen atoms in total. The van der Waals surface area contributed by atoms with Crippen LogP contribution in [0, 0.1) is 0 Å². The minimum absolute atomic E-state index is 0.646. The number of rotatable bonds is 4. The van der Waals surface area contributed by atoms with Gasteiger partial charge in [-0.1, -0.05) is 121 Å². The Bertz CT molecular complexity index is 2460. The molecule has 2 heterocycles. The molecule has 9 aromatic rings. The van der Waals surface area contributed by atoms with Crippen molar-refractivity contribution in [1.29, 1.82) is 0 Å². The van der Waals surface area contributed by atoms with E-state index in [0.717, 1.165) is 48.9 Å². The number of benzene rings is 7. The second-order valence-corrected chi connectivity index (χ2v) is 12.2. The summed E-state index contributed by atoms with van der Waals surface area (Å²) in [6.07, 6.45) is 0. The maximum absolute atomic E-state index is 5.05. The second-order valence-electron chi connectivity index (χ2n) is 11.2. The summed E-state index contributed by atoms with van der Waals surface area (Å²) in [5.41, 5.74) is 5.01. The summed E-state index contributed by atoms with van der Waals surface area (Å²) in [5.74, 6) is 1.95. The van der Waals surface area contributed by atoms with E-state index < -0.39 is 0 Å². The zero-order valence-electron chi connectivity index (χ0n) is 24.1. The monoisotopic (exact) mass is 592 g/mol. The molecule has 0 spiro atoms. The number of fused-ring (bicyclic) bond motifs is 5. The minimum Gasteiger partial charge on any atom is -0.236 e. The summed E-state index contributed by atoms with van der Waals surface area (Å²) in [6, 6.07) is 50.6. The van der Waals surface area contributed by atoms with Gasteiger partial charge < -0.3 is 0 Å². The first kappa shape index (κ1) is 25.7. The van der Waals surface area contributed by atoms with Crippen LogP contribution in [0.5, 0.6) is 0 Å². The van der Waals surface area contributed by atoms with Crippen LogP contribution in [0.3, 0.4) is 0 Å². The van der Waals surface area contributed by atoms with E-state index in [0.29, 0.717) is 17.5 Å². The SMILES string of the molecule is c1ccc(-c2nc3ccc4cc(-c5nc(-c6ccc7ccccc7c6)nc(-c6ccc7ccccc7c6)n5)ccc4c3s2)cc1. The summed E-state index contributed by atoms with van der Waals surface area (Å²) in [5, 5.41) is 8.00. The van der Waals surface area contributed by atoms with Crippen molar-refractivity contribution < 1.29 is 0 Å². The van der Waals surface area contributed by atoms with Gasteiger partial charge in [0.25, 0.3) is 0 Å². The first-order chi connectivity index (χ1) is 22.2. The summed E-state index contributed by atoms with van der Waals surface area (Å²) in [4.78, 5) is 20.1. The Morgan fingerprint density at radius 2 is 0.844 bits per heavy atom. The summed E-state index contributed by atoms with van der Waals surface area (Å²) in [6.45, 7) is 0. The minimum atomic E-state index is 0.646. The van der Waals surface area contributed by atoms with Crippen LogP contribution in [-0.2, 0) is 0 Å². The Labute approximate surface area is 263 Å². The molecule has 7 aromatic carbocycles. The van der Waals surface area contributed by atoms with E-state index in [9.17, 15) is 0 Å². The lowest BCUT2D eigenvalue weighted by atomic mass is 10.0. The Kier molecular flexibility index (Phi) is 5.96. The van der Waals surface area contributed by atoms with E-state index in [1.807, 2.05) is 6.07 Å². The fraction of sp³-hybridized carbons (Fsp3) is 0. The molecule has 0 amide bonds. The van der Waals surface area contributed by atoms with Crippen LogP contribution in [0.25, 0.3) is 87.3 Å². The lowest BCUT2D eigenvalue weighted by Gasteiger charge is -2.10. The Hall–Kier alpha value is -5.78. The third kappa shape index (κ3) is 4.62. The van der Waals surface area contributed by atoms with Gasteiger partial charge in [-0.3, -0.25) is 0 Å². The lowest BCUT2D eigenvalue weighted by Crippen LogP contribution is -2.00. The first-order valence-electron chi connectivity index (χ1n) is 14.9. The lowest BCUT2D eigenvalue weighted by molar-refractivity contribution is 1.08. The van der Waals surface area contributed by atoms with Crippen molar-refractivity contribution in [3.05, 3.63) is 146 Å². The molecule has 0 saturated heterocycles. The van der Waals surface area contributed by atoms with Crippen molar-refractivity contribution in [2.45, 2.75) is 0 Å². The molecule has 0 atom stereocenters. The predicted molar refractivity (Wildman–Crippen MR) is 187 cm³/mol. The van der Waals surface area contributed by atoms with Crippen molar-refractivity contribution in [2.24, 2.45) is 0 Å². The zero-order valence-corrected chi connectivity index (χ0v) is 24.9. The van der Waals surface area contributed by atoms with Crippen LogP contribution < -0.4 is 0 Å². The fourth-order valence-corrected chi connectivity index (χ4v) is 7.08. The molecular weight excluding hydrogens is 569 g/mol. The van der Waals surface area contributed by atoms with Gasteiger partial charge in [0, 0.05) is 27.6 Å². The standard InChI is InChI=1S/C40H24N4S/c1-2-10-27(11-3-1)40-41-35-21-19-30-24-33(18-20-34(30)36(35)45-40)39-43-37(31-16-14-25-8-4-6-12-28(25)22-31)42-38(44-39)32-17-15-26-9-5-7-13-29(26)23-32/h1-24H. The van der Waals surface area contributed by atoms with Gasteiger partial charge in [-0.05, 0) is 51.2 Å². The zero-order chi connectivity index (χ0) is 29.7. The maximum atomic E-state index is 5.05. The summed E-state index contributed by atoms with van der Waals surface area (Å²) < 4.78 is 1.18. The normalized spacial score (nSPS) is 11.6. The van der Waals surface area contributed by atoms with Crippen molar-refractivity contribution in [2.75, 3.05) is 0 Å². The molecular formula is C40H24N4S. The molecule has 0 unspecified atom stereocenters. The molecule has 0 bridgehead atoms. The summed E-state index contributed by atoms with van der Waals surface area (Å²) >= 11 is 1.73. The van der Waals surface area contributed by atoms with Crippen molar-refractivity contribution in [1.82, 2.24) is 19.9 Å². The fourth-order valence-electron chi connectivity index (χ4n) is 5.98. The second kappa shape index (κ2) is 10.4. The van der Waals surface area contributed by atoms with Gasteiger partial charge >= 0.3 is 0 Å². The summed E-state index contributed by atoms with van der Waals surface area (Å²) in [7, 11) is 0. The highest BCUT2D eigenvalue weighted by molar-refractivity contribution is 7.22. The first-order valence-corrected chi connectivity index (χ1v) is 15.7. The van der Waals surface area contributed by atoms with E-state index >= 15 is 0 Å². The molecule has 0 aliphatic rings. The molecule has 0 aliphatic carbocycles. The van der Waals surface area contributed by atoms with Gasteiger partial charge in [0.1, 0.15) is 5.01 Å². The topological polar surface area (TPSA) is 51.6 Å².